The molecule has 0 aromatic carbocycles. The van der Waals surface area contributed by atoms with Crippen molar-refractivity contribution in [2.24, 2.45) is 0 Å². The second kappa shape index (κ2) is 9.50. The van der Waals surface area contributed by atoms with Gasteiger partial charge in [0.15, 0.2) is 6.29 Å². The number of hydrogen-bond acceptors (Lipinski definition) is 2. The van der Waals surface area contributed by atoms with E-state index in [0.717, 1.165) is 32.3 Å². The third-order valence-electron chi connectivity index (χ3n) is 3.22. The van der Waals surface area contributed by atoms with Crippen LogP contribution in [0.5, 0.6) is 0 Å². The summed E-state index contributed by atoms with van der Waals surface area (Å²) in [4.78, 5) is 0. The second-order valence-electron chi connectivity index (χ2n) is 4.79. The molecular weight excluding hydrogens is 212 g/mol. The molecule has 17 heavy (non-hydrogen) atoms. The minimum atomic E-state index is 0.0214. The Labute approximate surface area is 106 Å². The van der Waals surface area contributed by atoms with Gasteiger partial charge in [-0.2, -0.15) is 0 Å². The van der Waals surface area contributed by atoms with Crippen molar-refractivity contribution in [3.8, 4) is 12.3 Å². The summed E-state index contributed by atoms with van der Waals surface area (Å²) in [5, 5.41) is 0. The van der Waals surface area contributed by atoms with E-state index in [4.69, 9.17) is 15.9 Å². The highest BCUT2D eigenvalue weighted by molar-refractivity contribution is 4.84. The highest BCUT2D eigenvalue weighted by Gasteiger charge is 2.19. The van der Waals surface area contributed by atoms with E-state index in [1.165, 1.54) is 32.1 Å². The summed E-state index contributed by atoms with van der Waals surface area (Å²) in [5.74, 6) is 2.71. The summed E-state index contributed by atoms with van der Waals surface area (Å²) in [7, 11) is 0. The molecule has 0 saturated carbocycles. The van der Waals surface area contributed by atoms with Crippen molar-refractivity contribution in [2.45, 2.75) is 77.1 Å². The van der Waals surface area contributed by atoms with Gasteiger partial charge in [0.05, 0.1) is 6.10 Å². The molecule has 0 radical (unpaired) electrons. The quantitative estimate of drug-likeness (QED) is 0.472. The van der Waals surface area contributed by atoms with Crippen LogP contribution in [0.1, 0.15) is 64.7 Å². The van der Waals surface area contributed by atoms with Gasteiger partial charge in [0, 0.05) is 13.0 Å². The first kappa shape index (κ1) is 14.5. The first-order valence-electron chi connectivity index (χ1n) is 7.07. The lowest BCUT2D eigenvalue weighted by atomic mass is 10.1. The molecule has 1 unspecified atom stereocenters. The fourth-order valence-corrected chi connectivity index (χ4v) is 2.18. The summed E-state index contributed by atoms with van der Waals surface area (Å²) < 4.78 is 11.6. The molecule has 0 aliphatic carbocycles. The van der Waals surface area contributed by atoms with Gasteiger partial charge in [0.25, 0.3) is 0 Å². The molecule has 2 heteroatoms. The van der Waals surface area contributed by atoms with Crippen molar-refractivity contribution in [3.63, 3.8) is 0 Å². The molecule has 0 N–H and O–H groups in total. The van der Waals surface area contributed by atoms with Gasteiger partial charge in [0.2, 0.25) is 0 Å². The average Bonchev–Trinajstić information content (AvgIpc) is 2.37. The minimum absolute atomic E-state index is 0.0214. The molecular formula is C15H26O2. The number of terminal acetylenes is 1. The Kier molecular flexibility index (Phi) is 8.13. The zero-order chi connectivity index (χ0) is 12.3. The molecule has 1 heterocycles. The molecule has 1 fully saturated rings. The Hall–Kier alpha value is -0.520. The SMILES string of the molecule is C#CCC[C@H](CCCCC)OC1CCCCO1. The van der Waals surface area contributed by atoms with Crippen LogP contribution in [0.2, 0.25) is 0 Å². The molecule has 0 aromatic rings. The molecule has 2 atom stereocenters. The van der Waals surface area contributed by atoms with Crippen LogP contribution in [-0.2, 0) is 9.47 Å². The third kappa shape index (κ3) is 6.71. The fourth-order valence-electron chi connectivity index (χ4n) is 2.18. The summed E-state index contributed by atoms with van der Waals surface area (Å²) in [5.41, 5.74) is 0. The van der Waals surface area contributed by atoms with Crippen LogP contribution in [0, 0.1) is 12.3 Å². The first-order chi connectivity index (χ1) is 8.36. The maximum Gasteiger partial charge on any atom is 0.157 e. The van der Waals surface area contributed by atoms with E-state index < -0.39 is 0 Å². The Morgan fingerprint density at radius 2 is 2.24 bits per heavy atom. The molecule has 1 aliphatic heterocycles. The lowest BCUT2D eigenvalue weighted by Gasteiger charge is -2.27. The Morgan fingerprint density at radius 3 is 2.88 bits per heavy atom. The molecule has 98 valence electrons. The molecule has 2 nitrogen and oxygen atoms in total. The largest absolute Gasteiger partial charge is 0.353 e. The first-order valence-corrected chi connectivity index (χ1v) is 7.07. The number of rotatable bonds is 8. The summed E-state index contributed by atoms with van der Waals surface area (Å²) in [6.07, 6.45) is 15.7. The van der Waals surface area contributed by atoms with Crippen LogP contribution in [0.25, 0.3) is 0 Å². The monoisotopic (exact) mass is 238 g/mol. The molecule has 0 amide bonds. The Balaban J connectivity index is 2.25. The van der Waals surface area contributed by atoms with Gasteiger partial charge >= 0.3 is 0 Å². The van der Waals surface area contributed by atoms with Gasteiger partial charge in [0.1, 0.15) is 0 Å². The zero-order valence-electron chi connectivity index (χ0n) is 11.1. The summed E-state index contributed by atoms with van der Waals surface area (Å²) in [6.45, 7) is 3.07. The molecule has 0 bridgehead atoms. The van der Waals surface area contributed by atoms with Crippen molar-refractivity contribution in [1.29, 1.82) is 0 Å². The molecule has 1 rings (SSSR count). The Morgan fingerprint density at radius 1 is 1.35 bits per heavy atom. The van der Waals surface area contributed by atoms with E-state index in [-0.39, 0.29) is 6.29 Å². The van der Waals surface area contributed by atoms with E-state index in [9.17, 15) is 0 Å². The van der Waals surface area contributed by atoms with Gasteiger partial charge in [-0.1, -0.05) is 26.2 Å². The van der Waals surface area contributed by atoms with E-state index in [2.05, 4.69) is 12.8 Å². The zero-order valence-corrected chi connectivity index (χ0v) is 11.1. The van der Waals surface area contributed by atoms with Gasteiger partial charge in [-0.15, -0.1) is 12.3 Å². The molecule has 1 aliphatic rings. The summed E-state index contributed by atoms with van der Waals surface area (Å²) in [6, 6.07) is 0. The van der Waals surface area contributed by atoms with Crippen LogP contribution >= 0.6 is 0 Å². The standard InChI is InChI=1S/C15H26O2/c1-3-5-7-11-14(10-6-4-2)17-15-12-8-9-13-16-15/h2,14-15H,3,5-13H2,1H3/t14-,15?/m1/s1. The van der Waals surface area contributed by atoms with Gasteiger partial charge in [-0.3, -0.25) is 0 Å². The maximum absolute atomic E-state index is 6.02. The highest BCUT2D eigenvalue weighted by Crippen LogP contribution is 2.20. The lowest BCUT2D eigenvalue weighted by molar-refractivity contribution is -0.190. The van der Waals surface area contributed by atoms with E-state index in [0.29, 0.717) is 6.10 Å². The van der Waals surface area contributed by atoms with Crippen molar-refractivity contribution in [3.05, 3.63) is 0 Å². The van der Waals surface area contributed by atoms with Crippen molar-refractivity contribution in [1.82, 2.24) is 0 Å². The van der Waals surface area contributed by atoms with Crippen LogP contribution in [0.15, 0.2) is 0 Å². The van der Waals surface area contributed by atoms with Gasteiger partial charge in [-0.25, -0.2) is 0 Å². The summed E-state index contributed by atoms with van der Waals surface area (Å²) >= 11 is 0. The minimum Gasteiger partial charge on any atom is -0.353 e. The van der Waals surface area contributed by atoms with Crippen LogP contribution in [-0.4, -0.2) is 19.0 Å². The van der Waals surface area contributed by atoms with Crippen LogP contribution in [0.4, 0.5) is 0 Å². The number of unbranched alkanes of at least 4 members (excludes halogenated alkanes) is 2. The Bertz CT molecular complexity index is 213. The average molecular weight is 238 g/mol. The van der Waals surface area contributed by atoms with Crippen molar-refractivity contribution < 1.29 is 9.47 Å². The number of hydrogen-bond donors (Lipinski definition) is 0. The van der Waals surface area contributed by atoms with Crippen LogP contribution < -0.4 is 0 Å². The van der Waals surface area contributed by atoms with Crippen molar-refractivity contribution >= 4 is 0 Å². The van der Waals surface area contributed by atoms with Gasteiger partial charge < -0.3 is 9.47 Å². The van der Waals surface area contributed by atoms with E-state index >= 15 is 0 Å². The van der Waals surface area contributed by atoms with Crippen molar-refractivity contribution in [2.75, 3.05) is 6.61 Å². The predicted molar refractivity (Wildman–Crippen MR) is 70.7 cm³/mol. The molecule has 1 saturated heterocycles. The lowest BCUT2D eigenvalue weighted by Crippen LogP contribution is -2.28. The third-order valence-corrected chi connectivity index (χ3v) is 3.22. The normalized spacial score (nSPS) is 22.0. The number of ether oxygens (including phenoxy) is 2. The van der Waals surface area contributed by atoms with Crippen LogP contribution in [0.3, 0.4) is 0 Å². The highest BCUT2D eigenvalue weighted by atomic mass is 16.7. The smallest absolute Gasteiger partial charge is 0.157 e. The molecule has 0 aromatic heterocycles. The van der Waals surface area contributed by atoms with E-state index in [1.807, 2.05) is 0 Å². The maximum atomic E-state index is 6.02. The topological polar surface area (TPSA) is 18.5 Å². The molecule has 0 spiro atoms. The van der Waals surface area contributed by atoms with Gasteiger partial charge in [-0.05, 0) is 32.1 Å². The fraction of sp³-hybridized carbons (Fsp3) is 0.867. The van der Waals surface area contributed by atoms with E-state index in [1.54, 1.807) is 0 Å². The predicted octanol–water partition coefficient (Wildman–Crippen LogP) is 3.89. The second-order valence-corrected chi connectivity index (χ2v) is 4.79.